The maximum Gasteiger partial charge on any atom is 0.322 e. The van der Waals surface area contributed by atoms with Gasteiger partial charge in [0.25, 0.3) is 0 Å². The third kappa shape index (κ3) is 5.05. The van der Waals surface area contributed by atoms with Crippen molar-refractivity contribution < 1.29 is 28.5 Å². The highest BCUT2D eigenvalue weighted by Gasteiger charge is 2.29. The predicted molar refractivity (Wildman–Crippen MR) is 84.8 cm³/mol. The Hall–Kier alpha value is -2.44. The second kappa shape index (κ2) is 9.55. The number of para-hydroxylation sites is 1. The van der Waals surface area contributed by atoms with Crippen molar-refractivity contribution in [2.24, 2.45) is 5.92 Å². The molecule has 0 aliphatic carbocycles. The third-order valence-corrected chi connectivity index (χ3v) is 3.04. The molecule has 0 aliphatic heterocycles. The van der Waals surface area contributed by atoms with Crippen molar-refractivity contribution in [3.63, 3.8) is 0 Å². The van der Waals surface area contributed by atoms with E-state index in [4.69, 9.17) is 18.9 Å². The minimum Gasteiger partial charge on any atom is -0.493 e. The maximum atomic E-state index is 11.9. The lowest BCUT2D eigenvalue weighted by molar-refractivity contribution is -0.160. The van der Waals surface area contributed by atoms with Crippen molar-refractivity contribution in [2.45, 2.75) is 13.8 Å². The first kappa shape index (κ1) is 18.6. The molecule has 1 rings (SSSR count). The lowest BCUT2D eigenvalue weighted by Crippen LogP contribution is -2.34. The van der Waals surface area contributed by atoms with Crippen LogP contribution in [0.25, 0.3) is 0 Å². The second-order valence-electron chi connectivity index (χ2n) is 4.48. The lowest BCUT2D eigenvalue weighted by Gasteiger charge is -2.18. The molecule has 0 saturated heterocycles. The zero-order valence-electron chi connectivity index (χ0n) is 13.9. The Morgan fingerprint density at radius 1 is 1.04 bits per heavy atom. The molecule has 0 spiro atoms. The molecule has 1 aromatic carbocycles. The first-order valence-electron chi connectivity index (χ1n) is 7.37. The van der Waals surface area contributed by atoms with Crippen LogP contribution in [0.5, 0.6) is 11.5 Å². The van der Waals surface area contributed by atoms with Crippen LogP contribution in [0.2, 0.25) is 0 Å². The molecule has 0 aromatic heterocycles. The molecule has 128 valence electrons. The van der Waals surface area contributed by atoms with Gasteiger partial charge in [-0.25, -0.2) is 0 Å². The second-order valence-corrected chi connectivity index (χ2v) is 4.48. The summed E-state index contributed by atoms with van der Waals surface area (Å²) in [7, 11) is 3.04. The first-order valence-corrected chi connectivity index (χ1v) is 7.37. The summed E-state index contributed by atoms with van der Waals surface area (Å²) in [5.74, 6) is -1.27. The predicted octanol–water partition coefficient (Wildman–Crippen LogP) is 1.86. The van der Waals surface area contributed by atoms with Gasteiger partial charge >= 0.3 is 11.9 Å². The number of ether oxygens (including phenoxy) is 4. The molecule has 0 aliphatic rings. The van der Waals surface area contributed by atoms with Gasteiger partial charge in [-0.2, -0.15) is 0 Å². The van der Waals surface area contributed by atoms with Crippen LogP contribution in [0, 0.1) is 5.92 Å². The molecular weight excluding hydrogens is 302 g/mol. The van der Waals surface area contributed by atoms with Gasteiger partial charge in [0.15, 0.2) is 17.4 Å². The molecule has 0 bridgehead atoms. The van der Waals surface area contributed by atoms with Crippen LogP contribution in [-0.2, 0) is 19.1 Å². The van der Waals surface area contributed by atoms with Crippen molar-refractivity contribution in [1.82, 2.24) is 0 Å². The molecule has 0 atom stereocenters. The average molecular weight is 325 g/mol. The highest BCUT2D eigenvalue weighted by Crippen LogP contribution is 2.34. The molecule has 0 amide bonds. The average Bonchev–Trinajstić information content (AvgIpc) is 2.55. The number of benzene rings is 1. The van der Waals surface area contributed by atoms with Gasteiger partial charge in [-0.3, -0.25) is 9.59 Å². The Labute approximate surface area is 135 Å². The van der Waals surface area contributed by atoms with E-state index in [1.165, 1.54) is 14.2 Å². The number of carbonyl (C=O) groups excluding carboxylic acids is 2. The highest BCUT2D eigenvalue weighted by molar-refractivity contribution is 5.95. The van der Waals surface area contributed by atoms with E-state index >= 15 is 0 Å². The number of anilines is 1. The van der Waals surface area contributed by atoms with E-state index in [9.17, 15) is 9.59 Å². The summed E-state index contributed by atoms with van der Waals surface area (Å²) in [5, 5.41) is 3.01. The van der Waals surface area contributed by atoms with E-state index in [-0.39, 0.29) is 19.8 Å². The fourth-order valence-corrected chi connectivity index (χ4v) is 1.99. The van der Waals surface area contributed by atoms with Crippen molar-refractivity contribution in [3.05, 3.63) is 18.2 Å². The quantitative estimate of drug-likeness (QED) is 0.548. The van der Waals surface area contributed by atoms with Crippen LogP contribution in [0.4, 0.5) is 5.69 Å². The molecule has 0 heterocycles. The minimum absolute atomic E-state index is 0.0290. The molecule has 0 fully saturated rings. The fraction of sp³-hybridized carbons (Fsp3) is 0.500. The maximum absolute atomic E-state index is 11.9. The number of carbonyl (C=O) groups is 2. The first-order chi connectivity index (χ1) is 11.1. The normalized spacial score (nSPS) is 10.1. The molecular formula is C16H23NO6. The third-order valence-electron chi connectivity index (χ3n) is 3.04. The van der Waals surface area contributed by atoms with Gasteiger partial charge < -0.3 is 24.3 Å². The lowest BCUT2D eigenvalue weighted by atomic mass is 10.1. The van der Waals surface area contributed by atoms with Crippen LogP contribution >= 0.6 is 0 Å². The molecule has 0 saturated carbocycles. The largest absolute Gasteiger partial charge is 0.493 e. The molecule has 7 heteroatoms. The molecule has 0 radical (unpaired) electrons. The molecule has 1 N–H and O–H groups in total. The summed E-state index contributed by atoms with van der Waals surface area (Å²) in [5.41, 5.74) is 0.602. The number of esters is 2. The van der Waals surface area contributed by atoms with E-state index < -0.39 is 17.9 Å². The molecule has 0 unspecified atom stereocenters. The monoisotopic (exact) mass is 325 g/mol. The Morgan fingerprint density at radius 3 is 2.13 bits per heavy atom. The van der Waals surface area contributed by atoms with Crippen molar-refractivity contribution >= 4 is 17.6 Å². The van der Waals surface area contributed by atoms with Gasteiger partial charge in [0, 0.05) is 6.54 Å². The zero-order chi connectivity index (χ0) is 17.2. The van der Waals surface area contributed by atoms with Crippen LogP contribution < -0.4 is 14.8 Å². The van der Waals surface area contributed by atoms with Gasteiger partial charge in [-0.05, 0) is 26.0 Å². The minimum atomic E-state index is -1.05. The van der Waals surface area contributed by atoms with E-state index in [0.29, 0.717) is 17.2 Å². The van der Waals surface area contributed by atoms with Gasteiger partial charge in [-0.15, -0.1) is 0 Å². The van der Waals surface area contributed by atoms with Gasteiger partial charge in [-0.1, -0.05) is 6.07 Å². The van der Waals surface area contributed by atoms with Gasteiger partial charge in [0.2, 0.25) is 0 Å². The molecule has 7 nitrogen and oxygen atoms in total. The van der Waals surface area contributed by atoms with Crippen molar-refractivity contribution in [3.8, 4) is 11.5 Å². The smallest absolute Gasteiger partial charge is 0.322 e. The number of rotatable bonds is 9. The van der Waals surface area contributed by atoms with E-state index in [0.717, 1.165) is 0 Å². The van der Waals surface area contributed by atoms with E-state index in [1.54, 1.807) is 32.0 Å². The summed E-state index contributed by atoms with van der Waals surface area (Å²) < 4.78 is 20.4. The van der Waals surface area contributed by atoms with E-state index in [2.05, 4.69) is 5.32 Å². The molecule has 23 heavy (non-hydrogen) atoms. The van der Waals surface area contributed by atoms with Crippen molar-refractivity contribution in [2.75, 3.05) is 39.3 Å². The number of methoxy groups -OCH3 is 2. The molecule has 1 aromatic rings. The standard InChI is InChI=1S/C16H23NO6/c1-5-22-15(18)11(16(19)23-6-2)10-17-12-8-7-9-13(20-3)14(12)21-4/h7-9,11,17H,5-6,10H2,1-4H3. The number of hydrogen-bond acceptors (Lipinski definition) is 7. The van der Waals surface area contributed by atoms with Gasteiger partial charge in [0.1, 0.15) is 0 Å². The summed E-state index contributed by atoms with van der Waals surface area (Å²) in [4.78, 5) is 23.9. The summed E-state index contributed by atoms with van der Waals surface area (Å²) in [6.45, 7) is 3.77. The number of nitrogens with one attached hydrogen (secondary N) is 1. The van der Waals surface area contributed by atoms with Crippen LogP contribution in [-0.4, -0.2) is 45.9 Å². The van der Waals surface area contributed by atoms with Crippen LogP contribution in [0.3, 0.4) is 0 Å². The zero-order valence-corrected chi connectivity index (χ0v) is 13.9. The van der Waals surface area contributed by atoms with Gasteiger partial charge in [0.05, 0.1) is 33.1 Å². The Morgan fingerprint density at radius 2 is 1.65 bits per heavy atom. The Kier molecular flexibility index (Phi) is 7.73. The van der Waals surface area contributed by atoms with E-state index in [1.807, 2.05) is 0 Å². The van der Waals surface area contributed by atoms with Crippen LogP contribution in [0.15, 0.2) is 18.2 Å². The Balaban J connectivity index is 2.89. The fourth-order valence-electron chi connectivity index (χ4n) is 1.99. The van der Waals surface area contributed by atoms with Crippen molar-refractivity contribution in [1.29, 1.82) is 0 Å². The summed E-state index contributed by atoms with van der Waals surface area (Å²) in [6.07, 6.45) is 0. The van der Waals surface area contributed by atoms with Crippen LogP contribution in [0.1, 0.15) is 13.8 Å². The SMILES string of the molecule is CCOC(=O)C(CNc1cccc(OC)c1OC)C(=O)OCC. The summed E-state index contributed by atoms with van der Waals surface area (Å²) >= 11 is 0. The number of hydrogen-bond donors (Lipinski definition) is 1. The topological polar surface area (TPSA) is 83.1 Å². The summed E-state index contributed by atoms with van der Waals surface area (Å²) in [6, 6.07) is 5.28. The Bertz CT molecular complexity index is 513. The highest BCUT2D eigenvalue weighted by atomic mass is 16.6.